The Labute approximate surface area is 221 Å². The van der Waals surface area contributed by atoms with E-state index in [1.807, 2.05) is 6.92 Å². The Morgan fingerprint density at radius 2 is 1.31 bits per heavy atom. The van der Waals surface area contributed by atoms with Crippen molar-refractivity contribution in [2.24, 2.45) is 0 Å². The van der Waals surface area contributed by atoms with Gasteiger partial charge in [0.2, 0.25) is 0 Å². The van der Waals surface area contributed by atoms with Crippen LogP contribution in [0.4, 0.5) is 0 Å². The molecule has 4 aromatic rings. The van der Waals surface area contributed by atoms with Gasteiger partial charge < -0.3 is 35.3 Å². The standard InChI is InChI=1S/C12H10Si.C9H7.C5H11NO.2ClH.Ti/c1-3-7-11(8-4-1)13-12-9-5-2-6-10-12;1-2-5-9-7-3-6-8(9)4-1;1-2-3-4-5(6)7;;;/h1-10H;1-7H;2-4H2,1H3,(H2,6,7);2*1H;/q;-1;;;;+4/p-3. The van der Waals surface area contributed by atoms with Crippen molar-refractivity contribution in [1.29, 1.82) is 0 Å². The van der Waals surface area contributed by atoms with Crippen molar-refractivity contribution in [1.82, 2.24) is 0 Å². The van der Waals surface area contributed by atoms with E-state index in [4.69, 9.17) is 5.73 Å². The fourth-order valence-corrected chi connectivity index (χ4v) is 3.67. The zero-order valence-corrected chi connectivity index (χ0v) is 22.2. The number of carbonyl (C=O) groups excluding carboxylic acids is 1. The second-order valence-electron chi connectivity index (χ2n) is 6.54. The Balaban J connectivity index is 0. The van der Waals surface area contributed by atoms with Crippen LogP contribution < -0.4 is 35.2 Å². The summed E-state index contributed by atoms with van der Waals surface area (Å²) in [5.74, 6) is -0.443. The molecule has 164 valence electrons. The van der Waals surface area contributed by atoms with E-state index in [0.29, 0.717) is 6.42 Å². The number of benzene rings is 3. The largest absolute Gasteiger partial charge is 4.00 e. The minimum Gasteiger partial charge on any atom is -1.00 e. The van der Waals surface area contributed by atoms with Crippen LogP contribution >= 0.6 is 0 Å². The van der Waals surface area contributed by atoms with Gasteiger partial charge in [-0.15, -0.1) is 29.7 Å². The summed E-state index contributed by atoms with van der Waals surface area (Å²) in [5, 5.41) is 5.46. The number of fused-ring (bicyclic) bond motifs is 1. The van der Waals surface area contributed by atoms with Crippen LogP contribution in [0.2, 0.25) is 0 Å². The maximum atomic E-state index is 9.87. The molecule has 0 heterocycles. The van der Waals surface area contributed by atoms with Crippen LogP contribution in [0.15, 0.2) is 103 Å². The zero-order valence-electron chi connectivity index (χ0n) is 18.1. The summed E-state index contributed by atoms with van der Waals surface area (Å²) < 4.78 is 0. The van der Waals surface area contributed by atoms with Gasteiger partial charge in [-0.1, -0.05) is 90.4 Å². The Hall–Kier alpha value is -1.75. The van der Waals surface area contributed by atoms with Crippen molar-refractivity contribution in [2.75, 3.05) is 0 Å². The number of rotatable bonds is 5. The van der Waals surface area contributed by atoms with Gasteiger partial charge in [-0.3, -0.25) is 0 Å². The first-order valence-electron chi connectivity index (χ1n) is 9.91. The molecule has 0 aliphatic heterocycles. The zero-order chi connectivity index (χ0) is 20.7. The van der Waals surface area contributed by atoms with Gasteiger partial charge in [-0.25, -0.2) is 0 Å². The molecule has 0 saturated carbocycles. The van der Waals surface area contributed by atoms with Gasteiger partial charge in [-0.05, 0) is 12.8 Å². The molecule has 1 N–H and O–H groups in total. The van der Waals surface area contributed by atoms with Gasteiger partial charge in [0.15, 0.2) is 0 Å². The minimum atomic E-state index is -0.443. The molecule has 0 unspecified atom stereocenters. The van der Waals surface area contributed by atoms with E-state index in [2.05, 4.69) is 103 Å². The van der Waals surface area contributed by atoms with Gasteiger partial charge >= 0.3 is 21.7 Å². The van der Waals surface area contributed by atoms with E-state index in [9.17, 15) is 4.79 Å². The van der Waals surface area contributed by atoms with Gasteiger partial charge in [-0.2, -0.15) is 17.5 Å². The molecule has 2 nitrogen and oxygen atoms in total. The van der Waals surface area contributed by atoms with E-state index < -0.39 is 5.91 Å². The van der Waals surface area contributed by atoms with Gasteiger partial charge in [0.25, 0.3) is 0 Å². The van der Waals surface area contributed by atoms with Gasteiger partial charge in [0.1, 0.15) is 9.52 Å². The number of halogens is 2. The SMILES string of the molecule is CCCCC([NH-])=O.[Cl-].[Cl-].[Ti+4].c1ccc([Si]c2ccccc2)cc1.c1ccc2[cH-]ccc2c1. The fourth-order valence-electron chi connectivity index (χ4n) is 2.62. The monoisotopic (exact) mass is 515 g/mol. The van der Waals surface area contributed by atoms with Crippen molar-refractivity contribution in [3.05, 3.63) is 109 Å². The van der Waals surface area contributed by atoms with E-state index in [1.165, 1.54) is 21.1 Å². The molecule has 0 aliphatic carbocycles. The van der Waals surface area contributed by atoms with E-state index in [0.717, 1.165) is 22.4 Å². The molecule has 2 radical (unpaired) electrons. The third kappa shape index (κ3) is 13.6. The molecular formula is C26H27Cl2NOSiTi. The summed E-state index contributed by atoms with van der Waals surface area (Å²) in [5.41, 5.74) is 6.44. The molecule has 0 spiro atoms. The quantitative estimate of drug-likeness (QED) is 0.265. The van der Waals surface area contributed by atoms with Crippen LogP contribution in [0.3, 0.4) is 0 Å². The van der Waals surface area contributed by atoms with Crippen molar-refractivity contribution in [3.63, 3.8) is 0 Å². The topological polar surface area (TPSA) is 40.9 Å². The fraction of sp³-hybridized carbons (Fsp3) is 0.154. The van der Waals surface area contributed by atoms with Crippen LogP contribution in [0.1, 0.15) is 26.2 Å². The van der Waals surface area contributed by atoms with Crippen LogP contribution in [0.25, 0.3) is 16.5 Å². The molecular weight excluding hydrogens is 489 g/mol. The Bertz CT molecular complexity index is 897. The van der Waals surface area contributed by atoms with Crippen LogP contribution in [-0.4, -0.2) is 15.4 Å². The molecule has 0 atom stereocenters. The predicted molar refractivity (Wildman–Crippen MR) is 126 cm³/mol. The Morgan fingerprint density at radius 3 is 1.75 bits per heavy atom. The second-order valence-corrected chi connectivity index (χ2v) is 7.94. The maximum absolute atomic E-state index is 9.87. The molecule has 0 aromatic heterocycles. The smallest absolute Gasteiger partial charge is 1.00 e. The Kier molecular flexibility index (Phi) is 20.2. The first kappa shape index (κ1) is 32.4. The third-order valence-corrected chi connectivity index (χ3v) is 5.39. The van der Waals surface area contributed by atoms with Gasteiger partial charge in [0.05, 0.1) is 0 Å². The molecule has 0 aliphatic rings. The molecule has 1 amide bonds. The summed E-state index contributed by atoms with van der Waals surface area (Å²) in [4.78, 5) is 9.87. The summed E-state index contributed by atoms with van der Waals surface area (Å²) in [6, 6.07) is 35.8. The average molecular weight is 516 g/mol. The predicted octanol–water partition coefficient (Wildman–Crippen LogP) is -0.339. The van der Waals surface area contributed by atoms with E-state index in [1.54, 1.807) is 0 Å². The number of hydrogen-bond acceptors (Lipinski definition) is 1. The molecule has 32 heavy (non-hydrogen) atoms. The number of nitrogens with one attached hydrogen (secondary N) is 1. The van der Waals surface area contributed by atoms with Crippen LogP contribution in [0, 0.1) is 0 Å². The molecule has 4 rings (SSSR count). The summed E-state index contributed by atoms with van der Waals surface area (Å²) in [7, 11) is 0.777. The second kappa shape index (κ2) is 19.9. The molecule has 4 aromatic carbocycles. The summed E-state index contributed by atoms with van der Waals surface area (Å²) in [6.07, 6.45) is 2.30. The van der Waals surface area contributed by atoms with E-state index in [-0.39, 0.29) is 46.5 Å². The van der Waals surface area contributed by atoms with Gasteiger partial charge in [0, 0.05) is 5.91 Å². The average Bonchev–Trinajstić information content (AvgIpc) is 3.24. The number of hydrogen-bond donors (Lipinski definition) is 0. The molecule has 6 heteroatoms. The number of carbonyl (C=O) groups is 1. The minimum absolute atomic E-state index is 0. The number of unbranched alkanes of at least 4 members (excludes halogenated alkanes) is 1. The molecule has 0 fully saturated rings. The summed E-state index contributed by atoms with van der Waals surface area (Å²) >= 11 is 0. The normalized spacial score (nSPS) is 8.78. The molecule has 0 bridgehead atoms. The van der Waals surface area contributed by atoms with Crippen molar-refractivity contribution in [2.45, 2.75) is 26.2 Å². The van der Waals surface area contributed by atoms with E-state index >= 15 is 0 Å². The van der Waals surface area contributed by atoms with Crippen molar-refractivity contribution < 1.29 is 51.3 Å². The van der Waals surface area contributed by atoms with Crippen molar-refractivity contribution >= 4 is 36.6 Å². The first-order chi connectivity index (χ1) is 14.2. The third-order valence-electron chi connectivity index (χ3n) is 4.14. The van der Waals surface area contributed by atoms with Crippen molar-refractivity contribution in [3.8, 4) is 0 Å². The van der Waals surface area contributed by atoms with Crippen LogP contribution in [0.5, 0.6) is 0 Å². The van der Waals surface area contributed by atoms with Crippen LogP contribution in [-0.2, 0) is 26.5 Å². The first-order valence-corrected chi connectivity index (χ1v) is 10.9. The number of amides is 1. The summed E-state index contributed by atoms with van der Waals surface area (Å²) in [6.45, 7) is 2.00. The molecule has 0 saturated heterocycles. The maximum Gasteiger partial charge on any atom is 4.00 e. The Morgan fingerprint density at radius 1 is 0.812 bits per heavy atom.